The number of carbonyl (C=O) groups excluding carboxylic acids is 2. The molecular weight excluding hydrogens is 328 g/mol. The number of amides is 2. The largest absolute Gasteiger partial charge is 0.493 e. The molecule has 0 atom stereocenters. The van der Waals surface area contributed by atoms with Gasteiger partial charge in [0.2, 0.25) is 0 Å². The molecule has 1 aromatic heterocycles. The molecule has 0 fully saturated rings. The quantitative estimate of drug-likeness (QED) is 0.718. The van der Waals surface area contributed by atoms with Gasteiger partial charge in [0, 0.05) is 18.7 Å². The van der Waals surface area contributed by atoms with E-state index in [2.05, 4.69) is 10.6 Å². The molecule has 6 nitrogen and oxygen atoms in total. The van der Waals surface area contributed by atoms with Crippen LogP contribution in [0.1, 0.15) is 26.5 Å². The van der Waals surface area contributed by atoms with Crippen LogP contribution < -0.4 is 20.1 Å². The first-order chi connectivity index (χ1) is 11.7. The standard InChI is InChI=1S/C17H20N2O4S/c1-22-13-7-6-12(11-14(13)23-2)16(20)18-8-4-9-19-17(21)15-5-3-10-24-15/h3,5-7,10-11H,4,8-9H2,1-2H3,(H,18,20)(H,19,21). The zero-order valence-electron chi connectivity index (χ0n) is 13.6. The molecule has 2 amide bonds. The fourth-order valence-corrected chi connectivity index (χ4v) is 2.71. The molecule has 128 valence electrons. The minimum Gasteiger partial charge on any atom is -0.493 e. The highest BCUT2D eigenvalue weighted by molar-refractivity contribution is 7.12. The summed E-state index contributed by atoms with van der Waals surface area (Å²) in [5.74, 6) is 0.801. The highest BCUT2D eigenvalue weighted by Gasteiger charge is 2.10. The molecule has 0 saturated heterocycles. The van der Waals surface area contributed by atoms with Crippen molar-refractivity contribution in [1.29, 1.82) is 0 Å². The van der Waals surface area contributed by atoms with Gasteiger partial charge in [-0.05, 0) is 36.1 Å². The number of benzene rings is 1. The van der Waals surface area contributed by atoms with Crippen LogP contribution in [0.2, 0.25) is 0 Å². The predicted octanol–water partition coefficient (Wildman–Crippen LogP) is 2.32. The van der Waals surface area contributed by atoms with Crippen LogP contribution in [0.15, 0.2) is 35.7 Å². The maximum atomic E-state index is 12.1. The topological polar surface area (TPSA) is 76.7 Å². The number of carbonyl (C=O) groups is 2. The van der Waals surface area contributed by atoms with Crippen molar-refractivity contribution in [2.24, 2.45) is 0 Å². The van der Waals surface area contributed by atoms with Crippen LogP contribution in [-0.2, 0) is 0 Å². The minimum atomic E-state index is -0.194. The Morgan fingerprint density at radius 1 is 1.00 bits per heavy atom. The second kappa shape index (κ2) is 8.93. The molecule has 2 rings (SSSR count). The van der Waals surface area contributed by atoms with E-state index in [0.29, 0.717) is 41.4 Å². The molecule has 0 aliphatic carbocycles. The Morgan fingerprint density at radius 3 is 2.33 bits per heavy atom. The summed E-state index contributed by atoms with van der Waals surface area (Å²) < 4.78 is 10.3. The van der Waals surface area contributed by atoms with Gasteiger partial charge in [-0.2, -0.15) is 0 Å². The maximum absolute atomic E-state index is 12.1. The molecule has 7 heteroatoms. The average molecular weight is 348 g/mol. The van der Waals surface area contributed by atoms with E-state index in [9.17, 15) is 9.59 Å². The lowest BCUT2D eigenvalue weighted by Crippen LogP contribution is -2.29. The summed E-state index contributed by atoms with van der Waals surface area (Å²) in [6.45, 7) is 0.973. The lowest BCUT2D eigenvalue weighted by atomic mass is 10.2. The fraction of sp³-hybridized carbons (Fsp3) is 0.294. The number of methoxy groups -OCH3 is 2. The number of hydrogen-bond acceptors (Lipinski definition) is 5. The van der Waals surface area contributed by atoms with E-state index in [1.54, 1.807) is 31.4 Å². The van der Waals surface area contributed by atoms with Crippen molar-refractivity contribution in [2.75, 3.05) is 27.3 Å². The Balaban J connectivity index is 1.74. The van der Waals surface area contributed by atoms with Gasteiger partial charge in [-0.15, -0.1) is 11.3 Å². The van der Waals surface area contributed by atoms with Crippen LogP contribution in [0.5, 0.6) is 11.5 Å². The number of ether oxygens (including phenoxy) is 2. The average Bonchev–Trinajstić information content (AvgIpc) is 3.15. The van der Waals surface area contributed by atoms with E-state index in [4.69, 9.17) is 9.47 Å². The molecule has 0 unspecified atom stereocenters. The van der Waals surface area contributed by atoms with Gasteiger partial charge in [-0.1, -0.05) is 6.07 Å². The monoisotopic (exact) mass is 348 g/mol. The van der Waals surface area contributed by atoms with Gasteiger partial charge >= 0.3 is 0 Å². The van der Waals surface area contributed by atoms with E-state index in [-0.39, 0.29) is 11.8 Å². The molecule has 24 heavy (non-hydrogen) atoms. The molecule has 1 aromatic carbocycles. The van der Waals surface area contributed by atoms with Crippen molar-refractivity contribution in [2.45, 2.75) is 6.42 Å². The predicted molar refractivity (Wildman–Crippen MR) is 93.1 cm³/mol. The maximum Gasteiger partial charge on any atom is 0.261 e. The first-order valence-electron chi connectivity index (χ1n) is 7.47. The van der Waals surface area contributed by atoms with Crippen molar-refractivity contribution in [3.05, 3.63) is 46.2 Å². The van der Waals surface area contributed by atoms with Crippen molar-refractivity contribution in [3.8, 4) is 11.5 Å². The van der Waals surface area contributed by atoms with E-state index >= 15 is 0 Å². The van der Waals surface area contributed by atoms with E-state index < -0.39 is 0 Å². The highest BCUT2D eigenvalue weighted by Crippen LogP contribution is 2.27. The van der Waals surface area contributed by atoms with Gasteiger partial charge in [0.25, 0.3) is 11.8 Å². The Kier molecular flexibility index (Phi) is 6.62. The summed E-state index contributed by atoms with van der Waals surface area (Å²) >= 11 is 1.40. The van der Waals surface area contributed by atoms with Crippen LogP contribution in [0.25, 0.3) is 0 Å². The van der Waals surface area contributed by atoms with Gasteiger partial charge in [-0.25, -0.2) is 0 Å². The summed E-state index contributed by atoms with van der Waals surface area (Å²) in [6.07, 6.45) is 0.649. The smallest absolute Gasteiger partial charge is 0.261 e. The normalized spacial score (nSPS) is 10.1. The first kappa shape index (κ1) is 17.8. The molecule has 2 aromatic rings. The molecule has 0 radical (unpaired) electrons. The van der Waals surface area contributed by atoms with E-state index in [1.807, 2.05) is 11.4 Å². The van der Waals surface area contributed by atoms with E-state index in [0.717, 1.165) is 0 Å². The summed E-state index contributed by atoms with van der Waals surface area (Å²) in [6, 6.07) is 8.61. The third-order valence-corrected chi connectivity index (χ3v) is 4.18. The Hall–Kier alpha value is -2.54. The third kappa shape index (κ3) is 4.73. The number of thiophene rings is 1. The lowest BCUT2D eigenvalue weighted by molar-refractivity contribution is 0.0952. The van der Waals surface area contributed by atoms with Gasteiger partial charge in [0.15, 0.2) is 11.5 Å². The SMILES string of the molecule is COc1ccc(C(=O)NCCCNC(=O)c2cccs2)cc1OC. The fourth-order valence-electron chi connectivity index (χ4n) is 2.07. The van der Waals surface area contributed by atoms with Crippen LogP contribution in [0, 0.1) is 0 Å². The van der Waals surface area contributed by atoms with Gasteiger partial charge in [-0.3, -0.25) is 9.59 Å². The van der Waals surface area contributed by atoms with Crippen LogP contribution >= 0.6 is 11.3 Å². The molecule has 0 aliphatic heterocycles. The van der Waals surface area contributed by atoms with Crippen molar-refractivity contribution < 1.29 is 19.1 Å². The van der Waals surface area contributed by atoms with Crippen molar-refractivity contribution in [3.63, 3.8) is 0 Å². The molecule has 0 spiro atoms. The summed E-state index contributed by atoms with van der Waals surface area (Å²) in [5, 5.41) is 7.49. The minimum absolute atomic E-state index is 0.0868. The van der Waals surface area contributed by atoms with Crippen molar-refractivity contribution in [1.82, 2.24) is 10.6 Å². The summed E-state index contributed by atoms with van der Waals surface area (Å²) in [5.41, 5.74) is 0.496. The zero-order chi connectivity index (χ0) is 17.4. The highest BCUT2D eigenvalue weighted by atomic mass is 32.1. The second-order valence-corrected chi connectivity index (χ2v) is 5.86. The molecule has 2 N–H and O–H groups in total. The molecular formula is C17H20N2O4S. The molecule has 0 saturated carbocycles. The Labute approximate surface area is 144 Å². The van der Waals surface area contributed by atoms with E-state index in [1.165, 1.54) is 18.4 Å². The zero-order valence-corrected chi connectivity index (χ0v) is 14.4. The van der Waals surface area contributed by atoms with Gasteiger partial charge in [0.05, 0.1) is 19.1 Å². The van der Waals surface area contributed by atoms with Gasteiger partial charge < -0.3 is 20.1 Å². The lowest BCUT2D eigenvalue weighted by Gasteiger charge is -2.10. The van der Waals surface area contributed by atoms with Crippen LogP contribution in [0.4, 0.5) is 0 Å². The van der Waals surface area contributed by atoms with Crippen molar-refractivity contribution >= 4 is 23.2 Å². The Morgan fingerprint density at radius 2 is 1.71 bits per heavy atom. The molecule has 0 aliphatic rings. The van der Waals surface area contributed by atoms with Crippen LogP contribution in [-0.4, -0.2) is 39.1 Å². The van der Waals surface area contributed by atoms with Crippen LogP contribution in [0.3, 0.4) is 0 Å². The molecule has 1 heterocycles. The van der Waals surface area contributed by atoms with Gasteiger partial charge in [0.1, 0.15) is 0 Å². The number of hydrogen-bond donors (Lipinski definition) is 2. The third-order valence-electron chi connectivity index (χ3n) is 3.32. The number of rotatable bonds is 8. The number of nitrogens with one attached hydrogen (secondary N) is 2. The summed E-state index contributed by atoms with van der Waals surface area (Å²) in [7, 11) is 3.07. The summed E-state index contributed by atoms with van der Waals surface area (Å²) in [4.78, 5) is 24.5. The second-order valence-electron chi connectivity index (χ2n) is 4.91. The Bertz CT molecular complexity index is 686. The molecule has 0 bridgehead atoms. The first-order valence-corrected chi connectivity index (χ1v) is 8.35.